The Kier molecular flexibility index (Phi) is 6.66. The Morgan fingerprint density at radius 1 is 0.872 bits per heavy atom. The fraction of sp³-hybridized carbons (Fsp3) is 0.267. The maximum Gasteiger partial charge on any atom is 0.231 e. The van der Waals surface area contributed by atoms with Crippen molar-refractivity contribution < 1.29 is 18.6 Å². The lowest BCUT2D eigenvalue weighted by Gasteiger charge is -2.39. The summed E-state index contributed by atoms with van der Waals surface area (Å²) in [7, 11) is 3.07. The third-order valence-electron chi connectivity index (χ3n) is 7.39. The number of aromatic nitrogens is 2. The molecule has 6 rings (SSSR count). The van der Waals surface area contributed by atoms with Gasteiger partial charge in [-0.05, 0) is 60.4 Å². The molecule has 9 heteroatoms. The largest absolute Gasteiger partial charge is 0.497 e. The van der Waals surface area contributed by atoms with Crippen LogP contribution in [-0.4, -0.2) is 37.3 Å². The van der Waals surface area contributed by atoms with Crippen molar-refractivity contribution >= 4 is 29.0 Å². The molecule has 0 radical (unpaired) electrons. The molecule has 0 aliphatic carbocycles. The smallest absolute Gasteiger partial charge is 0.231 e. The van der Waals surface area contributed by atoms with E-state index in [0.717, 1.165) is 43.2 Å². The summed E-state index contributed by atoms with van der Waals surface area (Å²) < 4.78 is 31.0. The van der Waals surface area contributed by atoms with Gasteiger partial charge in [-0.3, -0.25) is 0 Å². The number of rotatable bonds is 7. The quantitative estimate of drug-likeness (QED) is 0.296. The molecule has 2 N–H and O–H groups in total. The molecular weight excluding hydrogens is 497 g/mol. The van der Waals surface area contributed by atoms with Crippen LogP contribution in [0.15, 0.2) is 72.8 Å². The molecule has 0 unspecified atom stereocenters. The maximum absolute atomic E-state index is 14.4. The maximum atomic E-state index is 14.4. The van der Waals surface area contributed by atoms with Gasteiger partial charge in [0.25, 0.3) is 0 Å². The first-order chi connectivity index (χ1) is 19.0. The van der Waals surface area contributed by atoms with Gasteiger partial charge in [-0.2, -0.15) is 9.97 Å². The summed E-state index contributed by atoms with van der Waals surface area (Å²) in [5.74, 6) is 2.24. The van der Waals surface area contributed by atoms with Gasteiger partial charge >= 0.3 is 0 Å². The average molecular weight is 528 g/mol. The highest BCUT2D eigenvalue weighted by Gasteiger charge is 2.42. The van der Waals surface area contributed by atoms with Gasteiger partial charge in [0, 0.05) is 36.6 Å². The number of methoxy groups -OCH3 is 2. The minimum Gasteiger partial charge on any atom is -0.497 e. The molecular formula is C30H30FN5O3. The van der Waals surface area contributed by atoms with Gasteiger partial charge in [0.05, 0.1) is 26.4 Å². The van der Waals surface area contributed by atoms with E-state index in [2.05, 4.69) is 44.8 Å². The number of halogens is 1. The summed E-state index contributed by atoms with van der Waals surface area (Å²) in [5.41, 5.74) is 3.71. The molecule has 39 heavy (non-hydrogen) atoms. The standard InChI is InChI=1S/C30H30FN5O3/c1-37-23-10-7-21(8-11-23)33-29-34-27(32-22-9-12-26(38-2)25(31)17-22)18-28(35-29)36-15-13-30(14-16-36)24-6-4-3-5-20(24)19-39-30/h3-12,17-18H,13-16,19H2,1-2H3,(H2,32,33,34,35). The summed E-state index contributed by atoms with van der Waals surface area (Å²) in [6, 6.07) is 22.7. The lowest BCUT2D eigenvalue weighted by Crippen LogP contribution is -2.43. The summed E-state index contributed by atoms with van der Waals surface area (Å²) in [6.07, 6.45) is 1.73. The Morgan fingerprint density at radius 3 is 2.38 bits per heavy atom. The molecule has 1 saturated heterocycles. The molecule has 0 atom stereocenters. The topological polar surface area (TPSA) is 80.8 Å². The predicted octanol–water partition coefficient (Wildman–Crippen LogP) is 6.15. The number of fused-ring (bicyclic) bond motifs is 2. The second-order valence-corrected chi connectivity index (χ2v) is 9.69. The van der Waals surface area contributed by atoms with Gasteiger partial charge in [-0.1, -0.05) is 24.3 Å². The number of ether oxygens (including phenoxy) is 3. The van der Waals surface area contributed by atoms with E-state index in [1.807, 2.05) is 30.3 Å². The zero-order valence-corrected chi connectivity index (χ0v) is 21.9. The van der Waals surface area contributed by atoms with Gasteiger partial charge in [0.2, 0.25) is 5.95 Å². The van der Waals surface area contributed by atoms with Gasteiger partial charge in [-0.25, -0.2) is 4.39 Å². The van der Waals surface area contributed by atoms with E-state index in [4.69, 9.17) is 19.2 Å². The summed E-state index contributed by atoms with van der Waals surface area (Å²) in [6.45, 7) is 2.22. The van der Waals surface area contributed by atoms with Crippen LogP contribution in [0.3, 0.4) is 0 Å². The summed E-state index contributed by atoms with van der Waals surface area (Å²) in [5, 5.41) is 6.51. The van der Waals surface area contributed by atoms with Crippen LogP contribution < -0.4 is 25.0 Å². The Bertz CT molecular complexity index is 1470. The fourth-order valence-electron chi connectivity index (χ4n) is 5.31. The first kappa shape index (κ1) is 24.9. The van der Waals surface area contributed by atoms with E-state index in [0.29, 0.717) is 24.1 Å². The highest BCUT2D eigenvalue weighted by Crippen LogP contribution is 2.44. The van der Waals surface area contributed by atoms with Crippen molar-refractivity contribution in [2.45, 2.75) is 25.0 Å². The van der Waals surface area contributed by atoms with Crippen LogP contribution in [0.2, 0.25) is 0 Å². The molecule has 8 nitrogen and oxygen atoms in total. The highest BCUT2D eigenvalue weighted by atomic mass is 19.1. The first-order valence-electron chi connectivity index (χ1n) is 12.9. The zero-order chi connectivity index (χ0) is 26.8. The number of hydrogen-bond donors (Lipinski definition) is 2. The van der Waals surface area contributed by atoms with Crippen LogP contribution in [-0.2, 0) is 16.9 Å². The van der Waals surface area contributed by atoms with Crippen molar-refractivity contribution in [2.75, 3.05) is 42.8 Å². The molecule has 200 valence electrons. The Labute approximate surface area is 226 Å². The fourth-order valence-corrected chi connectivity index (χ4v) is 5.31. The zero-order valence-electron chi connectivity index (χ0n) is 21.9. The SMILES string of the molecule is COc1ccc(Nc2nc(Nc3ccc(OC)c(F)c3)cc(N3CCC4(CC3)OCc3ccccc34)n2)cc1. The van der Waals surface area contributed by atoms with Crippen LogP contribution in [0.5, 0.6) is 11.5 Å². The summed E-state index contributed by atoms with van der Waals surface area (Å²) >= 11 is 0. The minimum absolute atomic E-state index is 0.184. The van der Waals surface area contributed by atoms with Gasteiger partial charge in [0.1, 0.15) is 17.4 Å². The second kappa shape index (κ2) is 10.4. The van der Waals surface area contributed by atoms with E-state index in [1.54, 1.807) is 19.2 Å². The molecule has 1 fully saturated rings. The third kappa shape index (κ3) is 5.05. The molecule has 1 aromatic heterocycles. The number of hydrogen-bond acceptors (Lipinski definition) is 8. The number of nitrogens with one attached hydrogen (secondary N) is 2. The molecule has 2 aliphatic heterocycles. The number of benzene rings is 3. The van der Waals surface area contributed by atoms with Crippen LogP contribution in [0.1, 0.15) is 24.0 Å². The Balaban J connectivity index is 1.27. The minimum atomic E-state index is -0.452. The van der Waals surface area contributed by atoms with Gasteiger partial charge < -0.3 is 29.7 Å². The lowest BCUT2D eigenvalue weighted by atomic mass is 9.84. The molecule has 3 aromatic carbocycles. The van der Waals surface area contributed by atoms with Crippen LogP contribution in [0.25, 0.3) is 0 Å². The normalized spacial score (nSPS) is 15.6. The number of anilines is 5. The van der Waals surface area contributed by atoms with E-state index < -0.39 is 5.82 Å². The van der Waals surface area contributed by atoms with Gasteiger partial charge in [-0.15, -0.1) is 0 Å². The summed E-state index contributed by atoms with van der Waals surface area (Å²) in [4.78, 5) is 11.7. The second-order valence-electron chi connectivity index (χ2n) is 9.69. The van der Waals surface area contributed by atoms with Crippen molar-refractivity contribution in [1.29, 1.82) is 0 Å². The van der Waals surface area contributed by atoms with Crippen molar-refractivity contribution in [3.63, 3.8) is 0 Å². The van der Waals surface area contributed by atoms with Crippen LogP contribution >= 0.6 is 0 Å². The molecule has 0 amide bonds. The molecule has 1 spiro atoms. The van der Waals surface area contributed by atoms with Gasteiger partial charge in [0.15, 0.2) is 11.6 Å². The first-order valence-corrected chi connectivity index (χ1v) is 12.9. The third-order valence-corrected chi connectivity index (χ3v) is 7.39. The van der Waals surface area contributed by atoms with Crippen molar-refractivity contribution in [1.82, 2.24) is 9.97 Å². The molecule has 2 aliphatic rings. The van der Waals surface area contributed by atoms with E-state index >= 15 is 0 Å². The van der Waals surface area contributed by atoms with Crippen LogP contribution in [0.4, 0.5) is 33.3 Å². The monoisotopic (exact) mass is 527 g/mol. The van der Waals surface area contributed by atoms with Crippen molar-refractivity contribution in [2.24, 2.45) is 0 Å². The lowest BCUT2D eigenvalue weighted by molar-refractivity contribution is -0.0551. The highest BCUT2D eigenvalue weighted by molar-refractivity contribution is 5.65. The van der Waals surface area contributed by atoms with Crippen LogP contribution in [0, 0.1) is 5.82 Å². The van der Waals surface area contributed by atoms with E-state index in [1.165, 1.54) is 24.3 Å². The molecule has 0 bridgehead atoms. The van der Waals surface area contributed by atoms with Crippen molar-refractivity contribution in [3.8, 4) is 11.5 Å². The molecule has 3 heterocycles. The Hall–Kier alpha value is -4.37. The number of nitrogens with zero attached hydrogens (tertiary/aromatic N) is 3. The Morgan fingerprint density at radius 2 is 1.64 bits per heavy atom. The number of piperidine rings is 1. The predicted molar refractivity (Wildman–Crippen MR) is 149 cm³/mol. The average Bonchev–Trinajstić information content (AvgIpc) is 3.31. The van der Waals surface area contributed by atoms with E-state index in [-0.39, 0.29) is 11.4 Å². The van der Waals surface area contributed by atoms with E-state index in [9.17, 15) is 4.39 Å². The van der Waals surface area contributed by atoms with Crippen molar-refractivity contribution in [3.05, 3.63) is 89.7 Å². The molecule has 0 saturated carbocycles. The molecule has 4 aromatic rings.